The molecule has 0 atom stereocenters. The second-order valence-corrected chi connectivity index (χ2v) is 8.72. The van der Waals surface area contributed by atoms with Crippen LogP contribution in [0.15, 0.2) is 30.3 Å². The zero-order chi connectivity index (χ0) is 24.1. The number of methoxy groups -OCH3 is 1. The highest BCUT2D eigenvalue weighted by atomic mass is 32.1. The lowest BCUT2D eigenvalue weighted by Gasteiger charge is -2.34. The number of carbonyl (C=O) groups excluding carboxylic acids is 1. The van der Waals surface area contributed by atoms with Crippen LogP contribution >= 0.6 is 11.3 Å². The number of anilines is 1. The van der Waals surface area contributed by atoms with Crippen LogP contribution in [-0.4, -0.2) is 68.9 Å². The summed E-state index contributed by atoms with van der Waals surface area (Å²) in [5.41, 5.74) is 1.50. The molecule has 0 aliphatic carbocycles. The van der Waals surface area contributed by atoms with Gasteiger partial charge in [0.1, 0.15) is 5.75 Å². The van der Waals surface area contributed by atoms with Gasteiger partial charge in [-0.25, -0.2) is 4.98 Å². The molecule has 4 rings (SSSR count). The number of fused-ring (bicyclic) bond motifs is 1. The lowest BCUT2D eigenvalue weighted by Crippen LogP contribution is -2.48. The van der Waals surface area contributed by atoms with Crippen LogP contribution in [0.3, 0.4) is 0 Å². The monoisotopic (exact) mass is 485 g/mol. The minimum Gasteiger partial charge on any atom is -0.497 e. The van der Waals surface area contributed by atoms with Crippen molar-refractivity contribution in [3.63, 3.8) is 0 Å². The Bertz CT molecular complexity index is 1110. The van der Waals surface area contributed by atoms with Gasteiger partial charge in [0.2, 0.25) is 5.75 Å². The highest BCUT2D eigenvalue weighted by Crippen LogP contribution is 2.39. The van der Waals surface area contributed by atoms with E-state index in [1.165, 1.54) is 0 Å². The summed E-state index contributed by atoms with van der Waals surface area (Å²) in [5, 5.41) is 0.966. The van der Waals surface area contributed by atoms with E-state index >= 15 is 0 Å². The molecule has 0 spiro atoms. The molecule has 34 heavy (non-hydrogen) atoms. The molecule has 9 heteroatoms. The summed E-state index contributed by atoms with van der Waals surface area (Å²) in [4.78, 5) is 22.2. The van der Waals surface area contributed by atoms with E-state index in [1.807, 2.05) is 43.9 Å². The molecule has 182 valence electrons. The Balaban J connectivity index is 1.49. The summed E-state index contributed by atoms with van der Waals surface area (Å²) >= 11 is 1.64. The van der Waals surface area contributed by atoms with Crippen LogP contribution in [0.5, 0.6) is 23.0 Å². The summed E-state index contributed by atoms with van der Waals surface area (Å²) < 4.78 is 23.7. The number of ether oxygens (including phenoxy) is 4. The Morgan fingerprint density at radius 1 is 0.941 bits per heavy atom. The first-order valence-corrected chi connectivity index (χ1v) is 12.4. The fraction of sp³-hybridized carbons (Fsp3) is 0.440. The summed E-state index contributed by atoms with van der Waals surface area (Å²) in [6.07, 6.45) is 0. The van der Waals surface area contributed by atoms with Crippen LogP contribution in [0.1, 0.15) is 31.1 Å². The van der Waals surface area contributed by atoms with Crippen molar-refractivity contribution in [2.45, 2.75) is 20.8 Å². The molecule has 1 aliphatic heterocycles. The van der Waals surface area contributed by atoms with Crippen molar-refractivity contribution in [2.75, 3.05) is 58.0 Å². The average molecular weight is 486 g/mol. The molecule has 0 unspecified atom stereocenters. The van der Waals surface area contributed by atoms with Crippen molar-refractivity contribution in [3.05, 3.63) is 35.9 Å². The zero-order valence-corrected chi connectivity index (χ0v) is 20.9. The molecule has 1 amide bonds. The second-order valence-electron chi connectivity index (χ2n) is 7.71. The van der Waals surface area contributed by atoms with E-state index in [9.17, 15) is 4.79 Å². The van der Waals surface area contributed by atoms with Gasteiger partial charge in [-0.2, -0.15) is 0 Å². The van der Waals surface area contributed by atoms with Crippen molar-refractivity contribution in [1.29, 1.82) is 0 Å². The number of thiazole rings is 1. The molecule has 0 saturated carbocycles. The van der Waals surface area contributed by atoms with Gasteiger partial charge in [-0.05, 0) is 51.1 Å². The Hall–Kier alpha value is -3.20. The van der Waals surface area contributed by atoms with Crippen LogP contribution in [0.2, 0.25) is 0 Å². The summed E-state index contributed by atoms with van der Waals surface area (Å²) in [5.74, 6) is 2.38. The summed E-state index contributed by atoms with van der Waals surface area (Å²) in [6, 6.07) is 9.42. The van der Waals surface area contributed by atoms with Crippen LogP contribution < -0.4 is 23.8 Å². The molecule has 1 fully saturated rings. The van der Waals surface area contributed by atoms with Crippen molar-refractivity contribution < 1.29 is 23.7 Å². The van der Waals surface area contributed by atoms with Crippen molar-refractivity contribution in [3.8, 4) is 23.0 Å². The molecule has 1 saturated heterocycles. The third-order valence-corrected chi connectivity index (χ3v) is 6.66. The molecule has 3 aromatic rings. The molecule has 1 aromatic heterocycles. The van der Waals surface area contributed by atoms with Crippen LogP contribution in [0.4, 0.5) is 5.13 Å². The second kappa shape index (κ2) is 10.8. The molecule has 2 heterocycles. The van der Waals surface area contributed by atoms with E-state index in [1.54, 1.807) is 30.6 Å². The van der Waals surface area contributed by atoms with Crippen molar-refractivity contribution >= 4 is 32.6 Å². The third-order valence-electron chi connectivity index (χ3n) is 5.58. The lowest BCUT2D eigenvalue weighted by atomic mass is 10.1. The summed E-state index contributed by atoms with van der Waals surface area (Å²) in [6.45, 7) is 9.79. The molecule has 1 aliphatic rings. The van der Waals surface area contributed by atoms with Crippen LogP contribution in [-0.2, 0) is 0 Å². The van der Waals surface area contributed by atoms with E-state index < -0.39 is 0 Å². The Morgan fingerprint density at radius 2 is 1.59 bits per heavy atom. The predicted octanol–water partition coefficient (Wildman–Crippen LogP) is 4.46. The lowest BCUT2D eigenvalue weighted by molar-refractivity contribution is 0.0745. The van der Waals surface area contributed by atoms with Gasteiger partial charge in [0.15, 0.2) is 16.6 Å². The molecule has 0 bridgehead atoms. The average Bonchev–Trinajstić information content (AvgIpc) is 3.29. The van der Waals surface area contributed by atoms with Gasteiger partial charge >= 0.3 is 0 Å². The van der Waals surface area contributed by atoms with Gasteiger partial charge in [-0.1, -0.05) is 11.3 Å². The van der Waals surface area contributed by atoms with E-state index in [-0.39, 0.29) is 5.91 Å². The van der Waals surface area contributed by atoms with Crippen molar-refractivity contribution in [2.24, 2.45) is 0 Å². The molecule has 0 radical (unpaired) electrons. The number of hydrogen-bond acceptors (Lipinski definition) is 8. The predicted molar refractivity (Wildman–Crippen MR) is 134 cm³/mol. The topological polar surface area (TPSA) is 73.4 Å². The minimum atomic E-state index is -0.0429. The Kier molecular flexibility index (Phi) is 7.62. The molecular formula is C25H31N3O5S. The molecule has 2 aromatic carbocycles. The maximum atomic E-state index is 13.4. The van der Waals surface area contributed by atoms with Gasteiger partial charge in [0.25, 0.3) is 5.91 Å². The fourth-order valence-corrected chi connectivity index (χ4v) is 5.00. The fourth-order valence-electron chi connectivity index (χ4n) is 3.95. The summed E-state index contributed by atoms with van der Waals surface area (Å²) in [7, 11) is 1.67. The largest absolute Gasteiger partial charge is 0.497 e. The number of benzene rings is 2. The number of amides is 1. The number of carbonyl (C=O) groups is 1. The Labute approximate surface area is 204 Å². The van der Waals surface area contributed by atoms with E-state index in [0.717, 1.165) is 34.2 Å². The van der Waals surface area contributed by atoms with Gasteiger partial charge in [-0.3, -0.25) is 4.79 Å². The zero-order valence-electron chi connectivity index (χ0n) is 20.1. The third kappa shape index (κ3) is 4.99. The smallest absolute Gasteiger partial charge is 0.254 e. The van der Waals surface area contributed by atoms with Gasteiger partial charge in [0.05, 0.1) is 37.1 Å². The number of aromatic nitrogens is 1. The van der Waals surface area contributed by atoms with Crippen LogP contribution in [0.25, 0.3) is 10.2 Å². The SMILES string of the molecule is CCOc1cc(C(=O)N2CCN(c3nc4ccc(OC)cc4s3)CC2)cc(OCC)c1OCC. The minimum absolute atomic E-state index is 0.0429. The van der Waals surface area contributed by atoms with E-state index in [0.29, 0.717) is 55.7 Å². The highest BCUT2D eigenvalue weighted by molar-refractivity contribution is 7.22. The standard InChI is InChI=1S/C25H31N3O5S/c1-5-31-20-14-17(15-21(32-6-2)23(20)33-7-3)24(29)27-10-12-28(13-11-27)25-26-19-9-8-18(30-4)16-22(19)34-25/h8-9,14-16H,5-7,10-13H2,1-4H3. The van der Waals surface area contributed by atoms with Crippen LogP contribution in [0, 0.1) is 0 Å². The Morgan fingerprint density at radius 3 is 2.18 bits per heavy atom. The van der Waals surface area contributed by atoms with Gasteiger partial charge in [0, 0.05) is 31.7 Å². The number of hydrogen-bond donors (Lipinski definition) is 0. The highest BCUT2D eigenvalue weighted by Gasteiger charge is 2.26. The first-order valence-electron chi connectivity index (χ1n) is 11.6. The number of piperazine rings is 1. The molecule has 0 N–H and O–H groups in total. The number of nitrogens with zero attached hydrogens (tertiary/aromatic N) is 3. The normalized spacial score (nSPS) is 13.8. The number of rotatable bonds is 9. The maximum absolute atomic E-state index is 13.4. The first-order chi connectivity index (χ1) is 16.6. The molecular weight excluding hydrogens is 454 g/mol. The van der Waals surface area contributed by atoms with Crippen molar-refractivity contribution in [1.82, 2.24) is 9.88 Å². The van der Waals surface area contributed by atoms with E-state index in [4.69, 9.17) is 23.9 Å². The van der Waals surface area contributed by atoms with E-state index in [2.05, 4.69) is 4.90 Å². The molecule has 8 nitrogen and oxygen atoms in total. The van der Waals surface area contributed by atoms with Gasteiger partial charge < -0.3 is 28.7 Å². The van der Waals surface area contributed by atoms with Gasteiger partial charge in [-0.15, -0.1) is 0 Å². The quantitative estimate of drug-likeness (QED) is 0.443. The maximum Gasteiger partial charge on any atom is 0.254 e. The first kappa shape index (κ1) is 23.9.